The van der Waals surface area contributed by atoms with E-state index >= 15 is 0 Å². The summed E-state index contributed by atoms with van der Waals surface area (Å²) < 4.78 is 5.80. The summed E-state index contributed by atoms with van der Waals surface area (Å²) in [6.45, 7) is 6.08. The van der Waals surface area contributed by atoms with Gasteiger partial charge in [0.2, 0.25) is 5.79 Å². The minimum Gasteiger partial charge on any atom is -0.340 e. The molecule has 0 saturated carbocycles. The van der Waals surface area contributed by atoms with Gasteiger partial charge in [-0.1, -0.05) is 5.64 Å². The van der Waals surface area contributed by atoms with E-state index in [0.29, 0.717) is 0 Å². The first-order valence-electron chi connectivity index (χ1n) is 4.33. The molecule has 0 aromatic carbocycles. The summed E-state index contributed by atoms with van der Waals surface area (Å²) in [5, 5.41) is 0. The summed E-state index contributed by atoms with van der Waals surface area (Å²) in [6.07, 6.45) is 1.84. The highest BCUT2D eigenvalue weighted by atomic mass is 17.0. The standard InChI is InChI=1S/C8H15NO3/c1-6-8(12-9-10-6)5-4-7(2,3)11-8/h6,9H,4-5H2,1-3H3. The van der Waals surface area contributed by atoms with E-state index in [0.717, 1.165) is 12.8 Å². The van der Waals surface area contributed by atoms with Gasteiger partial charge in [-0.05, 0) is 27.2 Å². The van der Waals surface area contributed by atoms with Crippen LogP contribution >= 0.6 is 0 Å². The van der Waals surface area contributed by atoms with Gasteiger partial charge >= 0.3 is 0 Å². The van der Waals surface area contributed by atoms with Crippen molar-refractivity contribution in [1.82, 2.24) is 5.64 Å². The summed E-state index contributed by atoms with van der Waals surface area (Å²) in [4.78, 5) is 10.3. The van der Waals surface area contributed by atoms with Crippen molar-refractivity contribution in [2.75, 3.05) is 0 Å². The minimum absolute atomic E-state index is 0.0423. The Balaban J connectivity index is 2.14. The molecule has 2 atom stereocenters. The predicted octanol–water partition coefficient (Wildman–Crippen LogP) is 1.13. The molecular formula is C8H15NO3. The molecule has 4 heteroatoms. The van der Waals surface area contributed by atoms with Crippen molar-refractivity contribution >= 4 is 0 Å². The zero-order valence-electron chi connectivity index (χ0n) is 7.72. The lowest BCUT2D eigenvalue weighted by Crippen LogP contribution is -2.40. The van der Waals surface area contributed by atoms with Gasteiger partial charge in [0.15, 0.2) is 0 Å². The maximum Gasteiger partial charge on any atom is 0.219 e. The monoisotopic (exact) mass is 173 g/mol. The zero-order chi connectivity index (χ0) is 8.82. The molecular weight excluding hydrogens is 158 g/mol. The molecule has 1 spiro atoms. The van der Waals surface area contributed by atoms with Gasteiger partial charge in [-0.25, -0.2) is 4.84 Å². The normalized spacial score (nSPS) is 45.8. The average Bonchev–Trinajstić information content (AvgIpc) is 2.43. The average molecular weight is 173 g/mol. The lowest BCUT2D eigenvalue weighted by atomic mass is 10.0. The molecule has 2 heterocycles. The molecule has 0 aliphatic carbocycles. The first-order valence-corrected chi connectivity index (χ1v) is 4.33. The van der Waals surface area contributed by atoms with Gasteiger partial charge in [-0.15, -0.1) is 0 Å². The summed E-state index contributed by atoms with van der Waals surface area (Å²) in [7, 11) is 0. The molecule has 2 fully saturated rings. The quantitative estimate of drug-likeness (QED) is 0.596. The van der Waals surface area contributed by atoms with E-state index in [4.69, 9.17) is 14.4 Å². The fourth-order valence-electron chi connectivity index (χ4n) is 1.74. The maximum atomic E-state index is 5.80. The van der Waals surface area contributed by atoms with Crippen LogP contribution in [0.3, 0.4) is 0 Å². The number of hydrogen-bond acceptors (Lipinski definition) is 4. The van der Waals surface area contributed by atoms with Crippen molar-refractivity contribution in [3.8, 4) is 0 Å². The second-order valence-electron chi connectivity index (χ2n) is 4.12. The van der Waals surface area contributed by atoms with Crippen molar-refractivity contribution < 1.29 is 14.4 Å². The Morgan fingerprint density at radius 3 is 2.50 bits per heavy atom. The smallest absolute Gasteiger partial charge is 0.219 e. The van der Waals surface area contributed by atoms with Crippen LogP contribution in [0.2, 0.25) is 0 Å². The zero-order valence-corrected chi connectivity index (χ0v) is 7.72. The topological polar surface area (TPSA) is 39.7 Å². The molecule has 0 bridgehead atoms. The fourth-order valence-corrected chi connectivity index (χ4v) is 1.74. The third-order valence-electron chi connectivity index (χ3n) is 2.58. The van der Waals surface area contributed by atoms with Crippen LogP contribution in [0.1, 0.15) is 33.6 Å². The van der Waals surface area contributed by atoms with Crippen molar-refractivity contribution in [1.29, 1.82) is 0 Å². The summed E-state index contributed by atoms with van der Waals surface area (Å²) in [6, 6.07) is 0. The molecule has 12 heavy (non-hydrogen) atoms. The first kappa shape index (κ1) is 8.44. The van der Waals surface area contributed by atoms with Crippen LogP contribution in [-0.4, -0.2) is 17.5 Å². The van der Waals surface area contributed by atoms with Crippen molar-refractivity contribution in [3.05, 3.63) is 0 Å². The molecule has 2 aliphatic heterocycles. The molecule has 0 amide bonds. The Kier molecular flexibility index (Phi) is 1.70. The van der Waals surface area contributed by atoms with Gasteiger partial charge in [0.1, 0.15) is 6.10 Å². The van der Waals surface area contributed by atoms with Crippen LogP contribution in [0.25, 0.3) is 0 Å². The largest absolute Gasteiger partial charge is 0.340 e. The highest BCUT2D eigenvalue weighted by Gasteiger charge is 2.53. The summed E-state index contributed by atoms with van der Waals surface area (Å²) in [5.74, 6) is -0.552. The molecule has 0 radical (unpaired) electrons. The molecule has 0 aromatic rings. The molecule has 0 aromatic heterocycles. The van der Waals surface area contributed by atoms with E-state index in [1.54, 1.807) is 0 Å². The minimum atomic E-state index is -0.552. The van der Waals surface area contributed by atoms with E-state index in [1.807, 2.05) is 6.92 Å². The third-order valence-corrected chi connectivity index (χ3v) is 2.58. The van der Waals surface area contributed by atoms with Gasteiger partial charge in [0.05, 0.1) is 5.60 Å². The number of hydrogen-bond donors (Lipinski definition) is 1. The Hall–Kier alpha value is -0.160. The Morgan fingerprint density at radius 1 is 1.33 bits per heavy atom. The molecule has 1 N–H and O–H groups in total. The fraction of sp³-hybridized carbons (Fsp3) is 1.00. The van der Waals surface area contributed by atoms with Crippen molar-refractivity contribution in [3.63, 3.8) is 0 Å². The lowest BCUT2D eigenvalue weighted by Gasteiger charge is -2.26. The highest BCUT2D eigenvalue weighted by molar-refractivity contribution is 4.91. The number of ether oxygens (including phenoxy) is 1. The van der Waals surface area contributed by atoms with Gasteiger partial charge < -0.3 is 4.74 Å². The van der Waals surface area contributed by atoms with Crippen LogP contribution in [0.15, 0.2) is 0 Å². The van der Waals surface area contributed by atoms with E-state index in [2.05, 4.69) is 19.5 Å². The lowest BCUT2D eigenvalue weighted by molar-refractivity contribution is -0.247. The molecule has 4 nitrogen and oxygen atoms in total. The van der Waals surface area contributed by atoms with Gasteiger partial charge in [0, 0.05) is 6.42 Å². The van der Waals surface area contributed by atoms with E-state index in [9.17, 15) is 0 Å². The summed E-state index contributed by atoms with van der Waals surface area (Å²) in [5.41, 5.74) is 2.32. The van der Waals surface area contributed by atoms with Crippen molar-refractivity contribution in [2.45, 2.75) is 51.1 Å². The highest BCUT2D eigenvalue weighted by Crippen LogP contribution is 2.42. The second-order valence-corrected chi connectivity index (χ2v) is 4.12. The van der Waals surface area contributed by atoms with Crippen LogP contribution in [-0.2, 0) is 14.4 Å². The third kappa shape index (κ3) is 1.15. The van der Waals surface area contributed by atoms with Crippen LogP contribution < -0.4 is 5.64 Å². The van der Waals surface area contributed by atoms with Crippen LogP contribution in [0.4, 0.5) is 0 Å². The second kappa shape index (κ2) is 2.42. The SMILES string of the molecule is CC1ONOC12CCC(C)(C)O2. The van der Waals surface area contributed by atoms with Crippen molar-refractivity contribution in [2.24, 2.45) is 0 Å². The molecule has 70 valence electrons. The Labute approximate surface area is 72.1 Å². The number of nitrogens with one attached hydrogen (secondary N) is 1. The van der Waals surface area contributed by atoms with Gasteiger partial charge in [-0.3, -0.25) is 4.84 Å². The first-order chi connectivity index (χ1) is 5.54. The number of rotatable bonds is 0. The summed E-state index contributed by atoms with van der Waals surface area (Å²) >= 11 is 0. The van der Waals surface area contributed by atoms with Gasteiger partial charge in [-0.2, -0.15) is 0 Å². The van der Waals surface area contributed by atoms with Crippen LogP contribution in [0, 0.1) is 0 Å². The Bertz CT molecular complexity index is 195. The van der Waals surface area contributed by atoms with Gasteiger partial charge in [0.25, 0.3) is 0 Å². The molecule has 2 saturated heterocycles. The van der Waals surface area contributed by atoms with E-state index in [1.165, 1.54) is 0 Å². The predicted molar refractivity (Wildman–Crippen MR) is 41.9 cm³/mol. The molecule has 2 aliphatic rings. The molecule has 2 unspecified atom stereocenters. The maximum absolute atomic E-state index is 5.80. The molecule has 2 rings (SSSR count). The van der Waals surface area contributed by atoms with Crippen LogP contribution in [0.5, 0.6) is 0 Å². The Morgan fingerprint density at radius 2 is 2.08 bits per heavy atom. The van der Waals surface area contributed by atoms with E-state index in [-0.39, 0.29) is 11.7 Å². The van der Waals surface area contributed by atoms with E-state index < -0.39 is 5.79 Å².